The largest absolute Gasteiger partial charge is 0.416 e. The van der Waals surface area contributed by atoms with Crippen molar-refractivity contribution in [3.05, 3.63) is 94.5 Å². The molecule has 1 aliphatic carbocycles. The monoisotopic (exact) mass is 632 g/mol. The lowest BCUT2D eigenvalue weighted by Crippen LogP contribution is -2.56. The van der Waals surface area contributed by atoms with E-state index in [9.17, 15) is 22.8 Å². The minimum Gasteiger partial charge on any atom is -0.369 e. The Balaban J connectivity index is 1.05. The average Bonchev–Trinajstić information content (AvgIpc) is 3.39. The lowest BCUT2D eigenvalue weighted by atomic mass is 9.93. The lowest BCUT2D eigenvalue weighted by Gasteiger charge is -2.39. The van der Waals surface area contributed by atoms with Gasteiger partial charge < -0.3 is 11.1 Å². The third-order valence-corrected chi connectivity index (χ3v) is 9.97. The zero-order valence-electron chi connectivity index (χ0n) is 26.2. The number of nitrogens with two attached hydrogens (primary N) is 1. The van der Waals surface area contributed by atoms with E-state index in [0.717, 1.165) is 117 Å². The molecule has 244 valence electrons. The first-order valence-corrected chi connectivity index (χ1v) is 16.7. The molecule has 2 saturated heterocycles. The van der Waals surface area contributed by atoms with Crippen LogP contribution in [-0.2, 0) is 28.7 Å². The molecule has 2 amide bonds. The van der Waals surface area contributed by atoms with Crippen molar-refractivity contribution >= 4 is 11.8 Å². The summed E-state index contributed by atoms with van der Waals surface area (Å²) in [7, 11) is 0. The molecule has 0 saturated carbocycles. The highest BCUT2D eigenvalue weighted by Gasteiger charge is 2.35. The number of aryl methyl sites for hydroxylation is 1. The predicted octanol–water partition coefficient (Wildman–Crippen LogP) is 6.61. The van der Waals surface area contributed by atoms with Gasteiger partial charge in [0.25, 0.3) is 0 Å². The third kappa shape index (κ3) is 7.00. The van der Waals surface area contributed by atoms with Crippen LogP contribution in [-0.4, -0.2) is 53.5 Å². The van der Waals surface area contributed by atoms with Gasteiger partial charge in [0.2, 0.25) is 11.8 Å². The number of carbonyl (C=O) groups is 2. The van der Waals surface area contributed by atoms with Gasteiger partial charge >= 0.3 is 6.18 Å². The van der Waals surface area contributed by atoms with Crippen LogP contribution in [0.5, 0.6) is 0 Å². The van der Waals surface area contributed by atoms with Gasteiger partial charge in [-0.2, -0.15) is 13.2 Å². The number of carbonyl (C=O) groups excluding carboxylic acids is 2. The van der Waals surface area contributed by atoms with Crippen LogP contribution in [0, 0.1) is 0 Å². The fraction of sp³-hybridized carbons (Fsp3) is 0.459. The number of fused-ring (bicyclic) bond motifs is 3. The van der Waals surface area contributed by atoms with Gasteiger partial charge in [-0.3, -0.25) is 19.4 Å². The lowest BCUT2D eigenvalue weighted by molar-refractivity contribution is -0.137. The minimum absolute atomic E-state index is 0.0136. The van der Waals surface area contributed by atoms with Gasteiger partial charge in [-0.1, -0.05) is 61.0 Å². The molecule has 6 rings (SSSR count). The molecule has 9 heteroatoms. The first kappa shape index (κ1) is 32.3. The standard InChI is InChI=1S/C37H43F3N4O2/c38-37(39,40)27-19-17-25(18-20-27)24-44-23-7-4-15-31(44)36(46)42-32-16-5-8-22-43(32)21-6-3-10-26-11-9-14-30-33(26)28-12-1-2-13-29(28)34(30)35(41)45/h1-2,9,11-14,17-20,31-32,34H,3-8,10,15-16,21-24H2,(H2,41,45)(H,42,46). The second-order valence-corrected chi connectivity index (χ2v) is 13.0. The van der Waals surface area contributed by atoms with Crippen LogP contribution >= 0.6 is 0 Å². The Labute approximate surface area is 269 Å². The van der Waals surface area contributed by atoms with Crippen molar-refractivity contribution in [3.8, 4) is 11.1 Å². The van der Waals surface area contributed by atoms with E-state index in [0.29, 0.717) is 6.54 Å². The second kappa shape index (κ2) is 14.0. The summed E-state index contributed by atoms with van der Waals surface area (Å²) in [6, 6.07) is 19.3. The molecule has 0 radical (unpaired) electrons. The number of likely N-dealkylation sites (tertiary alicyclic amines) is 2. The molecule has 3 aliphatic rings. The van der Waals surface area contributed by atoms with Crippen molar-refractivity contribution in [2.24, 2.45) is 5.73 Å². The first-order valence-electron chi connectivity index (χ1n) is 16.7. The van der Waals surface area contributed by atoms with Crippen LogP contribution in [0.3, 0.4) is 0 Å². The molecule has 2 heterocycles. The number of benzene rings is 3. The highest BCUT2D eigenvalue weighted by atomic mass is 19.4. The van der Waals surface area contributed by atoms with Gasteiger partial charge in [0.05, 0.1) is 23.7 Å². The van der Waals surface area contributed by atoms with Crippen LogP contribution in [0.1, 0.15) is 85.1 Å². The number of rotatable bonds is 10. The SMILES string of the molecule is NC(=O)C1c2ccccc2-c2c(CCCCN3CCCCC3NC(=O)C3CCCCN3Cc3ccc(C(F)(F)F)cc3)cccc21. The summed E-state index contributed by atoms with van der Waals surface area (Å²) in [5.74, 6) is -0.706. The van der Waals surface area contributed by atoms with Gasteiger partial charge in [0.15, 0.2) is 0 Å². The zero-order valence-corrected chi connectivity index (χ0v) is 26.2. The predicted molar refractivity (Wildman–Crippen MR) is 173 cm³/mol. The van der Waals surface area contributed by atoms with Crippen molar-refractivity contribution in [1.29, 1.82) is 0 Å². The molecular formula is C37H43F3N4O2. The molecule has 2 fully saturated rings. The molecule has 3 N–H and O–H groups in total. The number of piperidine rings is 2. The maximum Gasteiger partial charge on any atom is 0.416 e. The second-order valence-electron chi connectivity index (χ2n) is 13.0. The summed E-state index contributed by atoms with van der Waals surface area (Å²) >= 11 is 0. The van der Waals surface area contributed by atoms with Crippen LogP contribution in [0.2, 0.25) is 0 Å². The number of amides is 2. The maximum absolute atomic E-state index is 13.6. The number of nitrogens with one attached hydrogen (secondary N) is 1. The Morgan fingerprint density at radius 2 is 1.54 bits per heavy atom. The molecule has 3 aromatic carbocycles. The quantitative estimate of drug-likeness (QED) is 0.247. The highest BCUT2D eigenvalue weighted by Crippen LogP contribution is 2.46. The zero-order chi connectivity index (χ0) is 32.3. The fourth-order valence-corrected chi connectivity index (χ4v) is 7.67. The summed E-state index contributed by atoms with van der Waals surface area (Å²) < 4.78 is 39.1. The van der Waals surface area contributed by atoms with Crippen molar-refractivity contribution in [2.75, 3.05) is 19.6 Å². The summed E-state index contributed by atoms with van der Waals surface area (Å²) in [4.78, 5) is 30.5. The molecule has 0 spiro atoms. The van der Waals surface area contributed by atoms with Crippen molar-refractivity contribution < 1.29 is 22.8 Å². The van der Waals surface area contributed by atoms with Gasteiger partial charge in [-0.25, -0.2) is 0 Å². The molecule has 6 nitrogen and oxygen atoms in total. The Morgan fingerprint density at radius 3 is 2.30 bits per heavy atom. The number of primary amides is 1. The molecule has 0 bridgehead atoms. The Morgan fingerprint density at radius 1 is 0.826 bits per heavy atom. The van der Waals surface area contributed by atoms with Crippen molar-refractivity contribution in [3.63, 3.8) is 0 Å². The highest BCUT2D eigenvalue weighted by molar-refractivity contribution is 5.96. The number of hydrogen-bond donors (Lipinski definition) is 2. The normalized spacial score (nSPS) is 21.8. The number of halogens is 3. The van der Waals surface area contributed by atoms with Crippen LogP contribution in [0.4, 0.5) is 13.2 Å². The van der Waals surface area contributed by atoms with Crippen LogP contribution in [0.15, 0.2) is 66.7 Å². The van der Waals surface area contributed by atoms with Crippen LogP contribution in [0.25, 0.3) is 11.1 Å². The van der Waals surface area contributed by atoms with E-state index in [4.69, 9.17) is 5.73 Å². The maximum atomic E-state index is 13.6. The third-order valence-electron chi connectivity index (χ3n) is 9.97. The summed E-state index contributed by atoms with van der Waals surface area (Å²) in [5, 5.41) is 3.36. The van der Waals surface area contributed by atoms with Gasteiger partial charge in [0, 0.05) is 19.6 Å². The molecule has 0 aromatic heterocycles. The van der Waals surface area contributed by atoms with E-state index in [-0.39, 0.29) is 24.0 Å². The summed E-state index contributed by atoms with van der Waals surface area (Å²) in [6.07, 6.45) is 4.27. The van der Waals surface area contributed by atoms with Gasteiger partial charge in [0.1, 0.15) is 0 Å². The number of hydrogen-bond acceptors (Lipinski definition) is 4. The van der Waals surface area contributed by atoms with Crippen molar-refractivity contribution in [1.82, 2.24) is 15.1 Å². The minimum atomic E-state index is -4.36. The van der Waals surface area contributed by atoms with E-state index >= 15 is 0 Å². The molecule has 46 heavy (non-hydrogen) atoms. The summed E-state index contributed by atoms with van der Waals surface area (Å²) in [6.45, 7) is 3.04. The average molecular weight is 633 g/mol. The van der Waals surface area contributed by atoms with Crippen molar-refractivity contribution in [2.45, 2.75) is 88.6 Å². The van der Waals surface area contributed by atoms with E-state index in [1.165, 1.54) is 17.7 Å². The van der Waals surface area contributed by atoms with E-state index < -0.39 is 17.7 Å². The number of nitrogens with zero attached hydrogens (tertiary/aromatic N) is 2. The molecule has 3 atom stereocenters. The van der Waals surface area contributed by atoms with Gasteiger partial charge in [-0.05, 0) is 103 Å². The van der Waals surface area contributed by atoms with E-state index in [1.54, 1.807) is 0 Å². The smallest absolute Gasteiger partial charge is 0.369 e. The Bertz CT molecular complexity index is 1540. The molecule has 3 unspecified atom stereocenters. The topological polar surface area (TPSA) is 78.7 Å². The van der Waals surface area contributed by atoms with E-state index in [2.05, 4.69) is 27.2 Å². The fourth-order valence-electron chi connectivity index (χ4n) is 7.67. The first-order chi connectivity index (χ1) is 22.2. The Kier molecular flexibility index (Phi) is 9.80. The van der Waals surface area contributed by atoms with E-state index in [1.807, 2.05) is 30.3 Å². The number of unbranched alkanes of at least 4 members (excludes halogenated alkanes) is 1. The summed E-state index contributed by atoms with van der Waals surface area (Å²) in [5.41, 5.74) is 11.4. The molecule has 2 aliphatic heterocycles. The number of alkyl halides is 3. The molecule has 3 aromatic rings. The molecular weight excluding hydrogens is 589 g/mol. The van der Waals surface area contributed by atoms with Gasteiger partial charge in [-0.15, -0.1) is 0 Å². The van der Waals surface area contributed by atoms with Crippen LogP contribution < -0.4 is 11.1 Å². The Hall–Kier alpha value is -3.69.